The number of hydrogen-bond acceptors (Lipinski definition) is 2. The SMILES string of the molecule is CCCn1ccnc1C(NC)C1CCCCCCC1. The van der Waals surface area contributed by atoms with Gasteiger partial charge in [0.25, 0.3) is 0 Å². The Bertz CT molecular complexity index is 351. The molecule has 1 unspecified atom stereocenters. The number of hydrogen-bond donors (Lipinski definition) is 1. The monoisotopic (exact) mass is 263 g/mol. The van der Waals surface area contributed by atoms with Crippen molar-refractivity contribution in [1.82, 2.24) is 14.9 Å². The van der Waals surface area contributed by atoms with Crippen molar-refractivity contribution in [2.24, 2.45) is 5.92 Å². The Labute approximate surface area is 117 Å². The first kappa shape index (κ1) is 14.6. The highest BCUT2D eigenvalue weighted by molar-refractivity contribution is 5.01. The molecule has 0 aliphatic heterocycles. The van der Waals surface area contributed by atoms with Gasteiger partial charge >= 0.3 is 0 Å². The normalized spacial score (nSPS) is 19.9. The Balaban J connectivity index is 2.10. The molecule has 0 saturated heterocycles. The topological polar surface area (TPSA) is 29.9 Å². The smallest absolute Gasteiger partial charge is 0.126 e. The number of nitrogens with one attached hydrogen (secondary N) is 1. The van der Waals surface area contributed by atoms with Crippen molar-refractivity contribution in [3.63, 3.8) is 0 Å². The molecule has 1 aliphatic rings. The first-order chi connectivity index (χ1) is 9.36. The second-order valence-electron chi connectivity index (χ2n) is 5.85. The van der Waals surface area contributed by atoms with Crippen LogP contribution < -0.4 is 5.32 Å². The first-order valence-corrected chi connectivity index (χ1v) is 8.05. The lowest BCUT2D eigenvalue weighted by molar-refractivity contribution is 0.285. The lowest BCUT2D eigenvalue weighted by atomic mass is 9.85. The van der Waals surface area contributed by atoms with Gasteiger partial charge in [-0.3, -0.25) is 0 Å². The van der Waals surface area contributed by atoms with E-state index < -0.39 is 0 Å². The minimum absolute atomic E-state index is 0.430. The summed E-state index contributed by atoms with van der Waals surface area (Å²) in [5, 5.41) is 3.54. The molecule has 1 aromatic rings. The van der Waals surface area contributed by atoms with E-state index in [4.69, 9.17) is 0 Å². The second kappa shape index (κ2) is 7.68. The molecule has 3 heteroatoms. The van der Waals surface area contributed by atoms with Gasteiger partial charge in [0.1, 0.15) is 5.82 Å². The van der Waals surface area contributed by atoms with E-state index in [1.807, 2.05) is 6.20 Å². The van der Waals surface area contributed by atoms with E-state index in [1.165, 1.54) is 57.2 Å². The Morgan fingerprint density at radius 2 is 1.95 bits per heavy atom. The first-order valence-electron chi connectivity index (χ1n) is 8.05. The van der Waals surface area contributed by atoms with Gasteiger partial charge in [0.05, 0.1) is 6.04 Å². The Kier molecular flexibility index (Phi) is 5.90. The van der Waals surface area contributed by atoms with E-state index in [0.717, 1.165) is 12.5 Å². The van der Waals surface area contributed by atoms with Gasteiger partial charge in [0.2, 0.25) is 0 Å². The molecule has 1 N–H and O–H groups in total. The van der Waals surface area contributed by atoms with Crippen molar-refractivity contribution in [3.05, 3.63) is 18.2 Å². The van der Waals surface area contributed by atoms with Gasteiger partial charge in [0.15, 0.2) is 0 Å². The van der Waals surface area contributed by atoms with Gasteiger partial charge < -0.3 is 9.88 Å². The molecular weight excluding hydrogens is 234 g/mol. The summed E-state index contributed by atoms with van der Waals surface area (Å²) in [6.07, 6.45) is 15.0. The Morgan fingerprint density at radius 1 is 1.26 bits per heavy atom. The zero-order valence-corrected chi connectivity index (χ0v) is 12.6. The van der Waals surface area contributed by atoms with Crippen molar-refractivity contribution in [2.75, 3.05) is 7.05 Å². The van der Waals surface area contributed by atoms with Crippen LogP contribution in [-0.4, -0.2) is 16.6 Å². The second-order valence-corrected chi connectivity index (χ2v) is 5.85. The van der Waals surface area contributed by atoms with Crippen LogP contribution in [0.2, 0.25) is 0 Å². The standard InChI is InChI=1S/C16H29N3/c1-3-12-19-13-11-18-16(19)15(17-2)14-9-7-5-4-6-8-10-14/h11,13-15,17H,3-10,12H2,1-2H3. The summed E-state index contributed by atoms with van der Waals surface area (Å²) in [5.41, 5.74) is 0. The van der Waals surface area contributed by atoms with Gasteiger partial charge in [-0.25, -0.2) is 4.98 Å². The van der Waals surface area contributed by atoms with Crippen LogP contribution in [0.4, 0.5) is 0 Å². The average Bonchev–Trinajstić information content (AvgIpc) is 2.81. The van der Waals surface area contributed by atoms with Crippen LogP contribution in [0.15, 0.2) is 12.4 Å². The molecule has 1 fully saturated rings. The quantitative estimate of drug-likeness (QED) is 0.872. The Morgan fingerprint density at radius 3 is 2.58 bits per heavy atom. The van der Waals surface area contributed by atoms with Gasteiger partial charge in [-0.05, 0) is 32.2 Å². The summed E-state index contributed by atoms with van der Waals surface area (Å²) in [5.74, 6) is 2.00. The number of nitrogens with zero attached hydrogens (tertiary/aromatic N) is 2. The number of imidazole rings is 1. The van der Waals surface area contributed by atoms with Crippen LogP contribution >= 0.6 is 0 Å². The molecule has 3 nitrogen and oxygen atoms in total. The van der Waals surface area contributed by atoms with Crippen LogP contribution in [0.1, 0.15) is 70.2 Å². The van der Waals surface area contributed by atoms with Crippen LogP contribution in [0.3, 0.4) is 0 Å². The van der Waals surface area contributed by atoms with E-state index in [9.17, 15) is 0 Å². The predicted molar refractivity (Wildman–Crippen MR) is 80.1 cm³/mol. The molecule has 1 aliphatic carbocycles. The van der Waals surface area contributed by atoms with Crippen molar-refractivity contribution in [2.45, 2.75) is 70.9 Å². The molecule has 0 bridgehead atoms. The van der Waals surface area contributed by atoms with Crippen molar-refractivity contribution < 1.29 is 0 Å². The zero-order valence-electron chi connectivity index (χ0n) is 12.6. The number of rotatable bonds is 5. The van der Waals surface area contributed by atoms with E-state index in [1.54, 1.807) is 0 Å². The third kappa shape index (κ3) is 3.82. The fraction of sp³-hybridized carbons (Fsp3) is 0.812. The molecule has 0 radical (unpaired) electrons. The summed E-state index contributed by atoms with van der Waals surface area (Å²) < 4.78 is 2.33. The molecule has 1 saturated carbocycles. The van der Waals surface area contributed by atoms with Crippen LogP contribution in [0.5, 0.6) is 0 Å². The maximum Gasteiger partial charge on any atom is 0.126 e. The lowest BCUT2D eigenvalue weighted by Gasteiger charge is -2.28. The molecular formula is C16H29N3. The summed E-state index contributed by atoms with van der Waals surface area (Å²) in [6.45, 7) is 3.31. The van der Waals surface area contributed by atoms with E-state index in [2.05, 4.69) is 35.0 Å². The van der Waals surface area contributed by atoms with Crippen molar-refractivity contribution in [1.29, 1.82) is 0 Å². The van der Waals surface area contributed by atoms with Crippen LogP contribution in [0, 0.1) is 5.92 Å². The number of aryl methyl sites for hydroxylation is 1. The molecule has 0 aromatic carbocycles. The molecule has 2 rings (SSSR count). The number of aromatic nitrogens is 2. The maximum atomic E-state index is 4.64. The lowest BCUT2D eigenvalue weighted by Crippen LogP contribution is -2.29. The maximum absolute atomic E-state index is 4.64. The highest BCUT2D eigenvalue weighted by Gasteiger charge is 2.25. The molecule has 19 heavy (non-hydrogen) atoms. The molecule has 1 atom stereocenters. The van der Waals surface area contributed by atoms with Crippen LogP contribution in [-0.2, 0) is 6.54 Å². The van der Waals surface area contributed by atoms with Gasteiger partial charge in [-0.1, -0.05) is 39.0 Å². The third-order valence-electron chi connectivity index (χ3n) is 4.42. The van der Waals surface area contributed by atoms with Crippen LogP contribution in [0.25, 0.3) is 0 Å². The summed E-state index contributed by atoms with van der Waals surface area (Å²) >= 11 is 0. The van der Waals surface area contributed by atoms with Crippen molar-refractivity contribution in [3.8, 4) is 0 Å². The van der Waals surface area contributed by atoms with Gasteiger partial charge in [-0.15, -0.1) is 0 Å². The molecule has 1 heterocycles. The van der Waals surface area contributed by atoms with E-state index >= 15 is 0 Å². The minimum Gasteiger partial charge on any atom is -0.334 e. The third-order valence-corrected chi connectivity index (χ3v) is 4.42. The van der Waals surface area contributed by atoms with Gasteiger partial charge in [-0.2, -0.15) is 0 Å². The highest BCUT2D eigenvalue weighted by atomic mass is 15.1. The minimum atomic E-state index is 0.430. The average molecular weight is 263 g/mol. The van der Waals surface area contributed by atoms with E-state index in [-0.39, 0.29) is 0 Å². The summed E-state index contributed by atoms with van der Waals surface area (Å²) in [6, 6.07) is 0.430. The van der Waals surface area contributed by atoms with E-state index in [0.29, 0.717) is 6.04 Å². The Hall–Kier alpha value is -0.830. The zero-order chi connectivity index (χ0) is 13.5. The molecule has 0 amide bonds. The highest BCUT2D eigenvalue weighted by Crippen LogP contribution is 2.32. The summed E-state index contributed by atoms with van der Waals surface area (Å²) in [7, 11) is 2.09. The molecule has 0 spiro atoms. The van der Waals surface area contributed by atoms with Crippen molar-refractivity contribution >= 4 is 0 Å². The summed E-state index contributed by atoms with van der Waals surface area (Å²) in [4.78, 5) is 4.64. The molecule has 1 aromatic heterocycles. The van der Waals surface area contributed by atoms with Gasteiger partial charge in [0, 0.05) is 18.9 Å². The largest absolute Gasteiger partial charge is 0.334 e. The fourth-order valence-corrected chi connectivity index (χ4v) is 3.43. The fourth-order valence-electron chi connectivity index (χ4n) is 3.43. The molecule has 108 valence electrons. The predicted octanol–water partition coefficient (Wildman–Crippen LogP) is 3.91.